The van der Waals surface area contributed by atoms with Gasteiger partial charge in [-0.2, -0.15) is 0 Å². The van der Waals surface area contributed by atoms with Crippen LogP contribution in [0.15, 0.2) is 50.6 Å². The van der Waals surface area contributed by atoms with Gasteiger partial charge in [0.25, 0.3) is 0 Å². The third-order valence-corrected chi connectivity index (χ3v) is 2.60. The molecular formula is C14H25N2+. The number of hydrogen-bond donors (Lipinski definition) is 1. The van der Waals surface area contributed by atoms with E-state index in [2.05, 4.69) is 31.6 Å². The van der Waals surface area contributed by atoms with Gasteiger partial charge in [0.05, 0.1) is 26.2 Å². The standard InChI is InChI=1S/C14H25N2/c1-5-9-15-10-14-16(11-6-2,12-7-3)13-8-4/h5-8,15H,1-4,9-14H2/q+1. The van der Waals surface area contributed by atoms with Crippen LogP contribution in [0.3, 0.4) is 0 Å². The molecule has 0 aromatic heterocycles. The zero-order valence-electron chi connectivity index (χ0n) is 10.3. The first-order valence-electron chi connectivity index (χ1n) is 5.74. The highest BCUT2D eigenvalue weighted by Crippen LogP contribution is 2.07. The Labute approximate surface area is 100 Å². The van der Waals surface area contributed by atoms with Crippen molar-refractivity contribution in [3.63, 3.8) is 0 Å². The van der Waals surface area contributed by atoms with Crippen molar-refractivity contribution in [2.24, 2.45) is 0 Å². The average Bonchev–Trinajstić information content (AvgIpc) is 2.26. The summed E-state index contributed by atoms with van der Waals surface area (Å²) in [6.07, 6.45) is 7.80. The molecule has 0 radical (unpaired) electrons. The minimum atomic E-state index is 0.857. The van der Waals surface area contributed by atoms with E-state index in [9.17, 15) is 0 Å². The largest absolute Gasteiger partial charge is 0.313 e. The van der Waals surface area contributed by atoms with Gasteiger partial charge in [0.2, 0.25) is 0 Å². The molecule has 0 atom stereocenters. The lowest BCUT2D eigenvalue weighted by Crippen LogP contribution is -2.51. The summed E-state index contributed by atoms with van der Waals surface area (Å²) in [6.45, 7) is 20.9. The number of quaternary nitrogens is 1. The van der Waals surface area contributed by atoms with E-state index >= 15 is 0 Å². The molecule has 0 heterocycles. The van der Waals surface area contributed by atoms with E-state index in [1.165, 1.54) is 0 Å². The molecule has 1 N–H and O–H groups in total. The minimum absolute atomic E-state index is 0.857. The molecule has 0 bridgehead atoms. The summed E-state index contributed by atoms with van der Waals surface area (Å²) in [7, 11) is 0. The molecule has 90 valence electrons. The van der Waals surface area contributed by atoms with E-state index in [4.69, 9.17) is 0 Å². The van der Waals surface area contributed by atoms with Gasteiger partial charge < -0.3 is 9.80 Å². The van der Waals surface area contributed by atoms with Crippen LogP contribution in [0.1, 0.15) is 0 Å². The third-order valence-electron chi connectivity index (χ3n) is 2.60. The quantitative estimate of drug-likeness (QED) is 0.320. The lowest BCUT2D eigenvalue weighted by atomic mass is 10.3. The summed E-state index contributed by atoms with van der Waals surface area (Å²) in [5.74, 6) is 0. The molecule has 2 nitrogen and oxygen atoms in total. The minimum Gasteiger partial charge on any atom is -0.313 e. The van der Waals surface area contributed by atoms with E-state index < -0.39 is 0 Å². The Hall–Kier alpha value is -1.12. The zero-order valence-corrected chi connectivity index (χ0v) is 10.3. The molecule has 0 fully saturated rings. The lowest BCUT2D eigenvalue weighted by molar-refractivity contribution is -0.910. The summed E-state index contributed by atoms with van der Waals surface area (Å²) in [6, 6.07) is 0. The molecule has 0 amide bonds. The Morgan fingerprint density at radius 2 is 1.31 bits per heavy atom. The first-order chi connectivity index (χ1) is 7.74. The SMILES string of the molecule is C=CCNCC[N+](CC=C)(CC=C)CC=C. The van der Waals surface area contributed by atoms with Gasteiger partial charge in [0.15, 0.2) is 0 Å². The molecule has 0 spiro atoms. The highest BCUT2D eigenvalue weighted by Gasteiger charge is 2.21. The fourth-order valence-electron chi connectivity index (χ4n) is 1.84. The zero-order chi connectivity index (χ0) is 12.3. The molecule has 16 heavy (non-hydrogen) atoms. The Morgan fingerprint density at radius 1 is 0.812 bits per heavy atom. The second-order valence-corrected chi connectivity index (χ2v) is 3.97. The van der Waals surface area contributed by atoms with Crippen molar-refractivity contribution in [3.8, 4) is 0 Å². The summed E-state index contributed by atoms with van der Waals surface area (Å²) in [5, 5.41) is 3.33. The Balaban J connectivity index is 4.33. The first-order valence-corrected chi connectivity index (χ1v) is 5.74. The predicted molar refractivity (Wildman–Crippen MR) is 73.4 cm³/mol. The van der Waals surface area contributed by atoms with Crippen LogP contribution in [-0.4, -0.2) is 43.8 Å². The van der Waals surface area contributed by atoms with Gasteiger partial charge in [-0.05, 0) is 18.2 Å². The van der Waals surface area contributed by atoms with Gasteiger partial charge >= 0.3 is 0 Å². The molecule has 0 aliphatic heterocycles. The number of nitrogens with one attached hydrogen (secondary N) is 1. The van der Waals surface area contributed by atoms with E-state index in [1.54, 1.807) is 0 Å². The Morgan fingerprint density at radius 3 is 1.69 bits per heavy atom. The maximum atomic E-state index is 3.83. The van der Waals surface area contributed by atoms with Crippen LogP contribution in [0, 0.1) is 0 Å². The first kappa shape index (κ1) is 14.9. The van der Waals surface area contributed by atoms with Crippen LogP contribution < -0.4 is 5.32 Å². The van der Waals surface area contributed by atoms with Crippen molar-refractivity contribution in [3.05, 3.63) is 50.6 Å². The smallest absolute Gasteiger partial charge is 0.0976 e. The average molecular weight is 221 g/mol. The van der Waals surface area contributed by atoms with Crippen molar-refractivity contribution in [1.29, 1.82) is 0 Å². The van der Waals surface area contributed by atoms with E-state index in [0.717, 1.165) is 43.8 Å². The highest BCUT2D eigenvalue weighted by atomic mass is 15.3. The molecule has 0 saturated heterocycles. The fraction of sp³-hybridized carbons (Fsp3) is 0.429. The van der Waals surface area contributed by atoms with Gasteiger partial charge in [0, 0.05) is 13.1 Å². The van der Waals surface area contributed by atoms with Crippen LogP contribution in [0.25, 0.3) is 0 Å². The van der Waals surface area contributed by atoms with E-state index in [0.29, 0.717) is 0 Å². The maximum absolute atomic E-state index is 3.83. The fourth-order valence-corrected chi connectivity index (χ4v) is 1.84. The maximum Gasteiger partial charge on any atom is 0.0976 e. The topological polar surface area (TPSA) is 12.0 Å². The summed E-state index contributed by atoms with van der Waals surface area (Å²) < 4.78 is 0.945. The Bertz CT molecular complexity index is 204. The van der Waals surface area contributed by atoms with Gasteiger partial charge in [-0.15, -0.1) is 6.58 Å². The Kier molecular flexibility index (Phi) is 8.49. The van der Waals surface area contributed by atoms with Crippen LogP contribution in [0.2, 0.25) is 0 Å². The van der Waals surface area contributed by atoms with Crippen molar-refractivity contribution in [2.75, 3.05) is 39.3 Å². The van der Waals surface area contributed by atoms with Gasteiger partial charge in [-0.25, -0.2) is 0 Å². The lowest BCUT2D eigenvalue weighted by Gasteiger charge is -2.36. The van der Waals surface area contributed by atoms with Crippen molar-refractivity contribution in [1.82, 2.24) is 5.32 Å². The summed E-state index contributed by atoms with van der Waals surface area (Å²) in [4.78, 5) is 0. The molecule has 0 saturated carbocycles. The number of hydrogen-bond acceptors (Lipinski definition) is 1. The van der Waals surface area contributed by atoms with Crippen molar-refractivity contribution >= 4 is 0 Å². The highest BCUT2D eigenvalue weighted by molar-refractivity contribution is 4.77. The second kappa shape index (κ2) is 9.13. The molecule has 0 aliphatic carbocycles. The molecule has 0 rings (SSSR count). The van der Waals surface area contributed by atoms with Gasteiger partial charge in [-0.1, -0.05) is 25.8 Å². The van der Waals surface area contributed by atoms with E-state index in [1.807, 2.05) is 24.3 Å². The van der Waals surface area contributed by atoms with Crippen LogP contribution in [0.4, 0.5) is 0 Å². The molecule has 0 aromatic rings. The van der Waals surface area contributed by atoms with Gasteiger partial charge in [0.1, 0.15) is 0 Å². The predicted octanol–water partition coefficient (Wildman–Crippen LogP) is 2.14. The summed E-state index contributed by atoms with van der Waals surface area (Å²) in [5.41, 5.74) is 0. The van der Waals surface area contributed by atoms with E-state index in [-0.39, 0.29) is 0 Å². The molecule has 2 heteroatoms. The number of nitrogens with zero attached hydrogens (tertiary/aromatic N) is 1. The van der Waals surface area contributed by atoms with Crippen molar-refractivity contribution < 1.29 is 4.48 Å². The molecule has 0 unspecified atom stereocenters. The van der Waals surface area contributed by atoms with Crippen LogP contribution in [0.5, 0.6) is 0 Å². The molecule has 0 aromatic carbocycles. The van der Waals surface area contributed by atoms with Crippen molar-refractivity contribution in [2.45, 2.75) is 0 Å². The number of rotatable bonds is 11. The van der Waals surface area contributed by atoms with Crippen LogP contribution in [-0.2, 0) is 0 Å². The normalized spacial score (nSPS) is 10.8. The molecule has 0 aliphatic rings. The summed E-state index contributed by atoms with van der Waals surface area (Å²) >= 11 is 0. The molecular weight excluding hydrogens is 196 g/mol. The van der Waals surface area contributed by atoms with Crippen LogP contribution >= 0.6 is 0 Å². The monoisotopic (exact) mass is 221 g/mol. The second-order valence-electron chi connectivity index (χ2n) is 3.97. The van der Waals surface area contributed by atoms with Gasteiger partial charge in [-0.3, -0.25) is 0 Å². The third kappa shape index (κ3) is 5.69.